The minimum atomic E-state index is -0.500. The van der Waals surface area contributed by atoms with E-state index in [4.69, 9.17) is 5.73 Å². The van der Waals surface area contributed by atoms with Crippen LogP contribution in [-0.4, -0.2) is 21.3 Å². The molecule has 0 unspecified atom stereocenters. The molecule has 1 aromatic carbocycles. The highest BCUT2D eigenvalue weighted by molar-refractivity contribution is 7.95. The number of thiophene rings is 1. The van der Waals surface area contributed by atoms with Crippen molar-refractivity contribution in [2.24, 2.45) is 0 Å². The Morgan fingerprint density at radius 1 is 1.39 bits per heavy atom. The summed E-state index contributed by atoms with van der Waals surface area (Å²) >= 11 is 5.25. The van der Waals surface area contributed by atoms with Crippen LogP contribution >= 0.6 is 36.1 Å². The average molecular weight is 367 g/mol. The van der Waals surface area contributed by atoms with Crippen molar-refractivity contribution in [1.29, 1.82) is 0 Å². The van der Waals surface area contributed by atoms with Crippen LogP contribution in [0, 0.1) is 0 Å². The van der Waals surface area contributed by atoms with E-state index in [-0.39, 0.29) is 29.0 Å². The third-order valence-corrected chi connectivity index (χ3v) is 4.71. The number of Topliss-reactive ketones (excluding diaryl/α,β-unsaturated/α-hetero) is 1. The van der Waals surface area contributed by atoms with Crippen molar-refractivity contribution >= 4 is 57.7 Å². The van der Waals surface area contributed by atoms with Gasteiger partial charge in [-0.2, -0.15) is 13.7 Å². The molecule has 0 spiro atoms. The fourth-order valence-electron chi connectivity index (χ4n) is 2.17. The molecule has 118 valence electrons. The van der Waals surface area contributed by atoms with Crippen LogP contribution in [0.5, 0.6) is 0 Å². The van der Waals surface area contributed by atoms with Gasteiger partial charge in [-0.05, 0) is 24.3 Å². The molecule has 0 amide bonds. The molecule has 2 heterocycles. The normalized spacial score (nSPS) is 11.0. The van der Waals surface area contributed by atoms with E-state index in [1.165, 1.54) is 0 Å². The fourth-order valence-corrected chi connectivity index (χ4v) is 3.34. The topological polar surface area (TPSA) is 78.0 Å². The number of anilines is 1. The molecule has 5 nitrogen and oxygen atoms in total. The van der Waals surface area contributed by atoms with Crippen molar-refractivity contribution in [1.82, 2.24) is 9.78 Å². The van der Waals surface area contributed by atoms with Gasteiger partial charge >= 0.3 is 0 Å². The summed E-state index contributed by atoms with van der Waals surface area (Å²) in [6, 6.07) is 6.71. The van der Waals surface area contributed by atoms with Gasteiger partial charge in [-0.15, -0.1) is 24.0 Å². The first kappa shape index (κ1) is 16.0. The van der Waals surface area contributed by atoms with Gasteiger partial charge in [0.15, 0.2) is 5.78 Å². The number of nitrogen functional groups attached to an aromatic ring is 1. The molecule has 0 aliphatic carbocycles. The number of hydrogen-bond donors (Lipinski definition) is 2. The van der Waals surface area contributed by atoms with Gasteiger partial charge in [0, 0.05) is 15.7 Å². The summed E-state index contributed by atoms with van der Waals surface area (Å²) < 4.78 is 13.6. The maximum atomic E-state index is 12.6. The summed E-state index contributed by atoms with van der Waals surface area (Å²) in [5.74, 6) is -0.870. The van der Waals surface area contributed by atoms with E-state index in [9.17, 15) is 13.5 Å². The maximum Gasteiger partial charge on any atom is 0.282 e. The van der Waals surface area contributed by atoms with Crippen LogP contribution in [0.4, 0.5) is 8.89 Å². The van der Waals surface area contributed by atoms with E-state index in [0.29, 0.717) is 16.1 Å². The van der Waals surface area contributed by atoms with E-state index >= 15 is 0 Å². The molecule has 0 atom stereocenters. The van der Waals surface area contributed by atoms with Crippen LogP contribution in [0.15, 0.2) is 39.3 Å². The first-order valence-electron chi connectivity index (χ1n) is 6.39. The number of nitrogens with zero attached hydrogens (tertiary/aromatic N) is 2. The molecule has 0 fully saturated rings. The lowest BCUT2D eigenvalue weighted by atomic mass is 10.2. The van der Waals surface area contributed by atoms with Gasteiger partial charge in [-0.3, -0.25) is 9.59 Å². The highest BCUT2D eigenvalue weighted by Crippen LogP contribution is 2.28. The molecule has 2 aromatic heterocycles. The second-order valence-electron chi connectivity index (χ2n) is 4.65. The molecule has 0 radical (unpaired) electrons. The summed E-state index contributed by atoms with van der Waals surface area (Å²) in [5.41, 5.74) is 5.95. The highest BCUT2D eigenvalue weighted by Gasteiger charge is 2.20. The highest BCUT2D eigenvalue weighted by atomic mass is 32.2. The number of benzene rings is 1. The zero-order valence-corrected chi connectivity index (χ0v) is 14.1. The number of carbonyl (C=O) groups is 1. The molecule has 23 heavy (non-hydrogen) atoms. The largest absolute Gasteiger partial charge is 0.390 e. The van der Waals surface area contributed by atoms with Gasteiger partial charge in [-0.1, -0.05) is 0 Å². The van der Waals surface area contributed by atoms with Crippen molar-refractivity contribution in [3.8, 4) is 5.69 Å². The van der Waals surface area contributed by atoms with Crippen molar-refractivity contribution < 1.29 is 8.68 Å². The molecule has 9 heteroatoms. The third kappa shape index (κ3) is 2.87. The zero-order valence-electron chi connectivity index (χ0n) is 11.5. The minimum Gasteiger partial charge on any atom is -0.390 e. The van der Waals surface area contributed by atoms with Crippen LogP contribution in [0.1, 0.15) is 10.5 Å². The van der Waals surface area contributed by atoms with Gasteiger partial charge in [-0.25, -0.2) is 0 Å². The average Bonchev–Trinajstić information content (AvgIpc) is 2.91. The quantitative estimate of drug-likeness (QED) is 0.547. The number of fused-ring (bicyclic) bond motifs is 1. The molecule has 3 aromatic rings. The summed E-state index contributed by atoms with van der Waals surface area (Å²) in [7, 11) is 0. The standard InChI is InChI=1S/C14H10FN3O2S3/c15-23-6-10(19)12-9-5-22-13(16)11(9)14(20)18(17-12)7-1-3-8(21)4-2-7/h1-5,21H,6,16H2. The van der Waals surface area contributed by atoms with E-state index in [1.807, 2.05) is 0 Å². The number of halogens is 1. The Bertz CT molecular complexity index is 950. The number of thiol groups is 1. The van der Waals surface area contributed by atoms with Crippen molar-refractivity contribution in [3.63, 3.8) is 0 Å². The van der Waals surface area contributed by atoms with E-state index in [1.54, 1.807) is 29.6 Å². The summed E-state index contributed by atoms with van der Waals surface area (Å²) in [6.45, 7) is 0. The Hall–Kier alpha value is -1.84. The predicted octanol–water partition coefficient (Wildman–Crippen LogP) is 3.12. The second kappa shape index (κ2) is 6.34. The van der Waals surface area contributed by atoms with Gasteiger partial charge in [0.2, 0.25) is 0 Å². The minimum absolute atomic E-state index is 0.0349. The third-order valence-electron chi connectivity index (χ3n) is 3.22. The lowest BCUT2D eigenvalue weighted by Crippen LogP contribution is -2.25. The number of nitrogens with two attached hydrogens (primary N) is 1. The molecular formula is C14H10FN3O2S3. The Morgan fingerprint density at radius 2 is 2.09 bits per heavy atom. The zero-order chi connectivity index (χ0) is 16.6. The van der Waals surface area contributed by atoms with Crippen LogP contribution in [0.25, 0.3) is 16.5 Å². The van der Waals surface area contributed by atoms with Gasteiger partial charge in [0.05, 0.1) is 34.0 Å². The Kier molecular flexibility index (Phi) is 4.42. The molecule has 0 bridgehead atoms. The van der Waals surface area contributed by atoms with E-state index < -0.39 is 11.3 Å². The lowest BCUT2D eigenvalue weighted by Gasteiger charge is -2.08. The lowest BCUT2D eigenvalue weighted by molar-refractivity contribution is 0.101. The van der Waals surface area contributed by atoms with Crippen LogP contribution in [-0.2, 0) is 0 Å². The summed E-state index contributed by atoms with van der Waals surface area (Å²) in [6.07, 6.45) is 0. The molecule has 0 saturated carbocycles. The first-order valence-corrected chi connectivity index (χ1v) is 8.60. The molecule has 0 aliphatic rings. The maximum absolute atomic E-state index is 12.6. The molecule has 2 N–H and O–H groups in total. The summed E-state index contributed by atoms with van der Waals surface area (Å²) in [4.78, 5) is 25.5. The molecule has 3 rings (SSSR count). The van der Waals surface area contributed by atoms with Crippen molar-refractivity contribution in [2.45, 2.75) is 4.90 Å². The van der Waals surface area contributed by atoms with Gasteiger partial charge < -0.3 is 5.73 Å². The monoisotopic (exact) mass is 367 g/mol. The van der Waals surface area contributed by atoms with Crippen LogP contribution < -0.4 is 11.3 Å². The number of hydrogen-bond acceptors (Lipinski definition) is 7. The van der Waals surface area contributed by atoms with Gasteiger partial charge in [0.1, 0.15) is 5.69 Å². The van der Waals surface area contributed by atoms with Crippen LogP contribution in [0.2, 0.25) is 0 Å². The Morgan fingerprint density at radius 3 is 2.74 bits per heavy atom. The predicted molar refractivity (Wildman–Crippen MR) is 94.8 cm³/mol. The van der Waals surface area contributed by atoms with E-state index in [0.717, 1.165) is 20.9 Å². The molecule has 0 aliphatic heterocycles. The Labute approximate surface area is 144 Å². The molecule has 0 saturated heterocycles. The number of carbonyl (C=O) groups excluding carboxylic acids is 1. The number of aromatic nitrogens is 2. The molecular weight excluding hydrogens is 357 g/mol. The van der Waals surface area contributed by atoms with E-state index in [2.05, 4.69) is 17.7 Å². The first-order chi connectivity index (χ1) is 11.0. The fraction of sp³-hybridized carbons (Fsp3) is 0.0714. The SMILES string of the molecule is Nc1scc2c(C(=O)CSF)nn(-c3ccc(S)cc3)c(=O)c12. The smallest absolute Gasteiger partial charge is 0.282 e. The summed E-state index contributed by atoms with van der Waals surface area (Å²) in [5, 5.41) is 6.62. The van der Waals surface area contributed by atoms with Crippen molar-refractivity contribution in [3.05, 3.63) is 45.7 Å². The Balaban J connectivity index is 2.32. The number of ketones is 1. The van der Waals surface area contributed by atoms with Gasteiger partial charge in [0.25, 0.3) is 5.56 Å². The number of rotatable bonds is 4. The second-order valence-corrected chi connectivity index (χ2v) is 6.58. The van der Waals surface area contributed by atoms with Crippen molar-refractivity contribution in [2.75, 3.05) is 11.5 Å². The van der Waals surface area contributed by atoms with Crippen LogP contribution in [0.3, 0.4) is 0 Å².